The summed E-state index contributed by atoms with van der Waals surface area (Å²) in [7, 11) is 0. The van der Waals surface area contributed by atoms with Crippen LogP contribution in [0.25, 0.3) is 0 Å². The van der Waals surface area contributed by atoms with Gasteiger partial charge in [0.25, 0.3) is 0 Å². The Morgan fingerprint density at radius 1 is 1.33 bits per heavy atom. The van der Waals surface area contributed by atoms with E-state index in [-0.39, 0.29) is 17.6 Å². The maximum atomic E-state index is 12.1. The number of carbonyl (C=O) groups excluding carboxylic acids is 1. The van der Waals surface area contributed by atoms with Gasteiger partial charge in [0, 0.05) is 29.9 Å². The highest BCUT2D eigenvalue weighted by Crippen LogP contribution is 2.63. The summed E-state index contributed by atoms with van der Waals surface area (Å²) >= 11 is 0. The van der Waals surface area contributed by atoms with E-state index in [0.717, 1.165) is 29.8 Å². The molecule has 5 heteroatoms. The minimum Gasteiger partial charge on any atom is -0.504 e. The molecule has 0 amide bonds. The van der Waals surface area contributed by atoms with Crippen molar-refractivity contribution in [2.24, 2.45) is 0 Å². The van der Waals surface area contributed by atoms with Crippen molar-refractivity contribution in [2.45, 2.75) is 49.2 Å². The highest BCUT2D eigenvalue weighted by molar-refractivity contribution is 5.83. The van der Waals surface area contributed by atoms with Crippen molar-refractivity contribution in [1.82, 2.24) is 5.32 Å². The van der Waals surface area contributed by atoms with Crippen molar-refractivity contribution in [3.8, 4) is 17.2 Å². The smallest absolute Gasteiger partial charge is 0.211 e. The number of aliphatic hydroxyl groups is 1. The molecule has 1 saturated carbocycles. The molecule has 0 radical (unpaired) electrons. The fraction of sp³-hybridized carbons (Fsp3) is 0.562. The first-order chi connectivity index (χ1) is 10.1. The number of piperidine rings is 1. The molecule has 21 heavy (non-hydrogen) atoms. The average Bonchev–Trinajstić information content (AvgIpc) is 3.22. The van der Waals surface area contributed by atoms with Gasteiger partial charge in [-0.3, -0.25) is 4.79 Å². The van der Waals surface area contributed by atoms with Crippen LogP contribution in [0.2, 0.25) is 0 Å². The molecule has 0 spiro atoms. The number of phenolic OH excluding ortho intramolecular Hbond substituents is 1. The zero-order valence-electron chi connectivity index (χ0n) is 11.6. The van der Waals surface area contributed by atoms with Crippen LogP contribution >= 0.6 is 0 Å². The lowest BCUT2D eigenvalue weighted by atomic mass is 9.50. The van der Waals surface area contributed by atoms with Gasteiger partial charge in [-0.2, -0.15) is 0 Å². The second-order valence-electron chi connectivity index (χ2n) is 6.86. The van der Waals surface area contributed by atoms with E-state index in [4.69, 9.17) is 4.74 Å². The van der Waals surface area contributed by atoms with Crippen molar-refractivity contribution < 1.29 is 19.7 Å². The first kappa shape index (κ1) is 12.0. The summed E-state index contributed by atoms with van der Waals surface area (Å²) in [6.45, 7) is 0.790. The molecular formula is C16H17NO4. The standard InChI is InChI=1S/C16H17NO4/c18-8-1-2-16(20)12-5-9-10(6-11(19)14-13(9)21-14)15(16,7-8)3-4-17-12/h6,12,17,19-20H,1-5,7H2/t12-,15-,16?/m1/s1. The molecule has 110 valence electrons. The van der Waals surface area contributed by atoms with Gasteiger partial charge in [-0.25, -0.2) is 0 Å². The summed E-state index contributed by atoms with van der Waals surface area (Å²) in [6, 6.07) is 1.69. The normalized spacial score (nSPS) is 38.9. The van der Waals surface area contributed by atoms with Gasteiger partial charge in [0.05, 0.1) is 5.60 Å². The number of ether oxygens (including phenoxy) is 1. The van der Waals surface area contributed by atoms with Crippen LogP contribution in [0, 0.1) is 0 Å². The molecule has 4 aliphatic rings. The van der Waals surface area contributed by atoms with E-state index >= 15 is 0 Å². The monoisotopic (exact) mass is 287 g/mol. The van der Waals surface area contributed by atoms with Gasteiger partial charge in [-0.1, -0.05) is 0 Å². The molecule has 1 unspecified atom stereocenters. The van der Waals surface area contributed by atoms with Crippen LogP contribution in [-0.2, 0) is 16.6 Å². The maximum Gasteiger partial charge on any atom is 0.211 e. The van der Waals surface area contributed by atoms with Crippen LogP contribution in [0.3, 0.4) is 0 Å². The topological polar surface area (TPSA) is 82.1 Å². The highest BCUT2D eigenvalue weighted by Gasteiger charge is 2.64. The second-order valence-corrected chi connectivity index (χ2v) is 6.86. The van der Waals surface area contributed by atoms with Gasteiger partial charge < -0.3 is 20.3 Å². The number of benzene rings is 1. The second kappa shape index (κ2) is 3.42. The van der Waals surface area contributed by atoms with E-state index in [0.29, 0.717) is 31.4 Å². The number of rotatable bonds is 0. The van der Waals surface area contributed by atoms with Gasteiger partial charge in [0.15, 0.2) is 11.5 Å². The predicted octanol–water partition coefficient (Wildman–Crippen LogP) is 1.14. The Kier molecular flexibility index (Phi) is 1.95. The molecule has 2 heterocycles. The van der Waals surface area contributed by atoms with Crippen molar-refractivity contribution in [3.05, 3.63) is 17.2 Å². The molecular weight excluding hydrogens is 270 g/mol. The molecule has 1 aromatic rings. The molecule has 0 aromatic heterocycles. The lowest BCUT2D eigenvalue weighted by Gasteiger charge is -2.60. The number of ketones is 1. The lowest BCUT2D eigenvalue weighted by molar-refractivity contribution is -0.149. The Morgan fingerprint density at radius 3 is 3.05 bits per heavy atom. The summed E-state index contributed by atoms with van der Waals surface area (Å²) in [5.74, 6) is 1.67. The Balaban J connectivity index is 1.81. The lowest BCUT2D eigenvalue weighted by Crippen LogP contribution is -2.72. The number of phenols is 1. The Hall–Kier alpha value is -1.59. The Bertz CT molecular complexity index is 700. The fourth-order valence-electron chi connectivity index (χ4n) is 4.98. The van der Waals surface area contributed by atoms with Gasteiger partial charge in [-0.15, -0.1) is 0 Å². The van der Waals surface area contributed by atoms with Crippen LogP contribution in [0.15, 0.2) is 6.07 Å². The number of fused-ring (bicyclic) bond motifs is 3. The number of Topliss-reactive ketones (excluding diaryl/α,β-unsaturated/α-hetero) is 1. The van der Waals surface area contributed by atoms with Gasteiger partial charge in [-0.05, 0) is 37.4 Å². The van der Waals surface area contributed by atoms with E-state index < -0.39 is 11.0 Å². The third kappa shape index (κ3) is 1.23. The Labute approximate surface area is 121 Å². The summed E-state index contributed by atoms with van der Waals surface area (Å²) in [5, 5.41) is 24.9. The predicted molar refractivity (Wildman–Crippen MR) is 73.8 cm³/mol. The van der Waals surface area contributed by atoms with Crippen LogP contribution in [0.1, 0.15) is 36.8 Å². The maximum absolute atomic E-state index is 12.1. The average molecular weight is 287 g/mol. The first-order valence-corrected chi connectivity index (χ1v) is 7.60. The quantitative estimate of drug-likeness (QED) is 0.633. The first-order valence-electron chi connectivity index (χ1n) is 7.60. The largest absolute Gasteiger partial charge is 0.504 e. The number of aromatic hydroxyl groups is 1. The molecule has 1 aromatic carbocycles. The number of carbonyl (C=O) groups is 1. The van der Waals surface area contributed by atoms with Crippen LogP contribution in [0.4, 0.5) is 0 Å². The van der Waals surface area contributed by atoms with Crippen molar-refractivity contribution in [1.29, 1.82) is 0 Å². The zero-order chi connectivity index (χ0) is 14.4. The molecule has 1 saturated heterocycles. The summed E-state index contributed by atoms with van der Waals surface area (Å²) in [6.07, 6.45) is 2.73. The minimum absolute atomic E-state index is 0.0373. The van der Waals surface area contributed by atoms with E-state index in [1.54, 1.807) is 6.07 Å². The summed E-state index contributed by atoms with van der Waals surface area (Å²) in [5.41, 5.74) is 0.537. The van der Waals surface area contributed by atoms with E-state index in [2.05, 4.69) is 5.32 Å². The molecule has 2 aliphatic carbocycles. The van der Waals surface area contributed by atoms with Gasteiger partial charge in [0.2, 0.25) is 5.75 Å². The molecule has 5 nitrogen and oxygen atoms in total. The van der Waals surface area contributed by atoms with Crippen LogP contribution < -0.4 is 10.1 Å². The van der Waals surface area contributed by atoms with E-state index in [1.807, 2.05) is 0 Å². The summed E-state index contributed by atoms with van der Waals surface area (Å²) in [4.78, 5) is 12.1. The van der Waals surface area contributed by atoms with Crippen molar-refractivity contribution >= 4 is 5.78 Å². The molecule has 2 bridgehead atoms. The third-order valence-corrected chi connectivity index (χ3v) is 6.04. The van der Waals surface area contributed by atoms with Crippen molar-refractivity contribution in [3.63, 3.8) is 0 Å². The van der Waals surface area contributed by atoms with Crippen molar-refractivity contribution in [2.75, 3.05) is 6.54 Å². The molecule has 5 rings (SSSR count). The zero-order valence-corrected chi connectivity index (χ0v) is 11.6. The molecule has 2 aliphatic heterocycles. The summed E-state index contributed by atoms with van der Waals surface area (Å²) < 4.78 is 5.42. The number of hydrogen-bond acceptors (Lipinski definition) is 5. The number of hydrogen-bond donors (Lipinski definition) is 3. The van der Waals surface area contributed by atoms with E-state index in [9.17, 15) is 15.0 Å². The van der Waals surface area contributed by atoms with Crippen LogP contribution in [0.5, 0.6) is 17.2 Å². The molecule has 3 N–H and O–H groups in total. The van der Waals surface area contributed by atoms with Gasteiger partial charge >= 0.3 is 0 Å². The Morgan fingerprint density at radius 2 is 2.19 bits per heavy atom. The fourth-order valence-corrected chi connectivity index (χ4v) is 4.98. The van der Waals surface area contributed by atoms with Gasteiger partial charge in [0.1, 0.15) is 5.78 Å². The molecule has 3 atom stereocenters. The SMILES string of the molecule is O=C1CCC2(O)[C@H]3Cc4c(cc(O)c5c4O5)[C@@]2(CCN3)C1. The van der Waals surface area contributed by atoms with Crippen LogP contribution in [-0.4, -0.2) is 34.2 Å². The minimum atomic E-state index is -0.901. The highest BCUT2D eigenvalue weighted by atomic mass is 16.6. The molecule has 2 fully saturated rings. The van der Waals surface area contributed by atoms with E-state index in [1.165, 1.54) is 0 Å². The number of nitrogens with one attached hydrogen (secondary N) is 1. The third-order valence-electron chi connectivity index (χ3n) is 6.04.